The molecule has 2 heterocycles. The summed E-state index contributed by atoms with van der Waals surface area (Å²) in [5, 5.41) is 4.02. The fraction of sp³-hybridized carbons (Fsp3) is 0.667. The van der Waals surface area contributed by atoms with E-state index in [0.29, 0.717) is 0 Å². The van der Waals surface area contributed by atoms with E-state index >= 15 is 0 Å². The Hall–Kier alpha value is -2.12. The Morgan fingerprint density at radius 2 is 2.09 bits per heavy atom. The fourth-order valence-corrected chi connectivity index (χ4v) is 2.31. The molecule has 0 saturated carbocycles. The van der Waals surface area contributed by atoms with Crippen LogP contribution in [0.15, 0.2) is 12.4 Å². The van der Waals surface area contributed by atoms with Gasteiger partial charge in [-0.05, 0) is 27.7 Å². The van der Waals surface area contributed by atoms with Crippen molar-refractivity contribution in [2.45, 2.75) is 45.5 Å². The average molecular weight is 327 g/mol. The topological polar surface area (TPSA) is 73.7 Å². The molecular formula is C15H22FN3O4. The molecule has 1 aliphatic heterocycles. The largest absolute Gasteiger partial charge is 0.462 e. The maximum absolute atomic E-state index is 14.2. The first kappa shape index (κ1) is 17.2. The lowest BCUT2D eigenvalue weighted by Gasteiger charge is -2.24. The number of hydrogen-bond acceptors (Lipinski definition) is 5. The smallest absolute Gasteiger partial charge is 0.410 e. The minimum Gasteiger partial charge on any atom is -0.462 e. The van der Waals surface area contributed by atoms with Crippen molar-refractivity contribution in [2.75, 3.05) is 19.7 Å². The van der Waals surface area contributed by atoms with Crippen molar-refractivity contribution in [1.29, 1.82) is 0 Å². The number of aromatic nitrogens is 2. The highest BCUT2D eigenvalue weighted by molar-refractivity contribution is 5.88. The van der Waals surface area contributed by atoms with Crippen LogP contribution in [0.25, 0.3) is 0 Å². The molecule has 0 aromatic carbocycles. The number of nitrogens with zero attached hydrogens (tertiary/aromatic N) is 3. The molecule has 128 valence electrons. The molecule has 1 aromatic rings. The summed E-state index contributed by atoms with van der Waals surface area (Å²) in [7, 11) is 0. The molecule has 7 nitrogen and oxygen atoms in total. The Morgan fingerprint density at radius 3 is 2.70 bits per heavy atom. The molecule has 8 heteroatoms. The Bertz CT molecular complexity index is 582. The molecule has 1 aliphatic rings. The summed E-state index contributed by atoms with van der Waals surface area (Å²) in [6.45, 7) is 7.30. The van der Waals surface area contributed by atoms with Gasteiger partial charge < -0.3 is 14.4 Å². The zero-order chi connectivity index (χ0) is 17.2. The van der Waals surface area contributed by atoms with Crippen LogP contribution in [0, 0.1) is 0 Å². The second-order valence-electron chi connectivity index (χ2n) is 6.40. The predicted octanol–water partition coefficient (Wildman–Crippen LogP) is 2.19. The first-order valence-corrected chi connectivity index (χ1v) is 7.54. The van der Waals surface area contributed by atoms with Gasteiger partial charge in [-0.2, -0.15) is 5.10 Å². The standard InChI is InChI=1S/C15H22FN3O4/c1-5-22-13(20)10-6-17-19(7-10)12-9-18(8-11(12)16)14(21)23-15(2,3)4/h6-7,11-12H,5,8-9H2,1-4H3. The Labute approximate surface area is 134 Å². The third-order valence-electron chi connectivity index (χ3n) is 3.32. The van der Waals surface area contributed by atoms with E-state index in [1.807, 2.05) is 0 Å². The first-order chi connectivity index (χ1) is 10.7. The number of hydrogen-bond donors (Lipinski definition) is 0. The van der Waals surface area contributed by atoms with Gasteiger partial charge in [-0.3, -0.25) is 4.68 Å². The van der Waals surface area contributed by atoms with Gasteiger partial charge in [0.2, 0.25) is 0 Å². The Kier molecular flexibility index (Phi) is 4.91. The van der Waals surface area contributed by atoms with Crippen molar-refractivity contribution in [2.24, 2.45) is 0 Å². The van der Waals surface area contributed by atoms with E-state index in [9.17, 15) is 14.0 Å². The van der Waals surface area contributed by atoms with Gasteiger partial charge in [0.15, 0.2) is 0 Å². The zero-order valence-corrected chi connectivity index (χ0v) is 13.8. The highest BCUT2D eigenvalue weighted by atomic mass is 19.1. The molecular weight excluding hydrogens is 305 g/mol. The fourth-order valence-electron chi connectivity index (χ4n) is 2.31. The average Bonchev–Trinajstić information content (AvgIpc) is 3.03. The van der Waals surface area contributed by atoms with Crippen molar-refractivity contribution < 1.29 is 23.5 Å². The van der Waals surface area contributed by atoms with Crippen molar-refractivity contribution in [3.05, 3.63) is 18.0 Å². The third kappa shape index (κ3) is 4.20. The number of alkyl halides is 1. The second-order valence-corrected chi connectivity index (χ2v) is 6.40. The maximum Gasteiger partial charge on any atom is 0.410 e. The molecule has 23 heavy (non-hydrogen) atoms. The predicted molar refractivity (Wildman–Crippen MR) is 79.9 cm³/mol. The lowest BCUT2D eigenvalue weighted by Crippen LogP contribution is -2.35. The van der Waals surface area contributed by atoms with Crippen LogP contribution < -0.4 is 0 Å². The van der Waals surface area contributed by atoms with Gasteiger partial charge in [0.1, 0.15) is 17.8 Å². The number of likely N-dealkylation sites (tertiary alicyclic amines) is 1. The van der Waals surface area contributed by atoms with Crippen molar-refractivity contribution in [1.82, 2.24) is 14.7 Å². The van der Waals surface area contributed by atoms with E-state index in [2.05, 4.69) is 5.10 Å². The maximum atomic E-state index is 14.2. The van der Waals surface area contributed by atoms with Crippen LogP contribution in [0.4, 0.5) is 9.18 Å². The highest BCUT2D eigenvalue weighted by Gasteiger charge is 2.39. The molecule has 1 fully saturated rings. The molecule has 1 amide bonds. The molecule has 1 saturated heterocycles. The van der Waals surface area contributed by atoms with Crippen LogP contribution in [-0.2, 0) is 9.47 Å². The summed E-state index contributed by atoms with van der Waals surface area (Å²) in [5.74, 6) is -0.504. The summed E-state index contributed by atoms with van der Waals surface area (Å²) < 4.78 is 25.7. The molecule has 2 rings (SSSR count). The molecule has 0 bridgehead atoms. The quantitative estimate of drug-likeness (QED) is 0.796. The molecule has 2 unspecified atom stereocenters. The van der Waals surface area contributed by atoms with Crippen LogP contribution in [0.3, 0.4) is 0 Å². The number of carbonyl (C=O) groups is 2. The number of ether oxygens (including phenoxy) is 2. The summed E-state index contributed by atoms with van der Waals surface area (Å²) in [5.41, 5.74) is -0.376. The number of amides is 1. The van der Waals surface area contributed by atoms with E-state index in [0.717, 1.165) is 0 Å². The number of rotatable bonds is 3. The first-order valence-electron chi connectivity index (χ1n) is 7.54. The van der Waals surface area contributed by atoms with E-state index < -0.39 is 29.9 Å². The Balaban J connectivity index is 2.04. The molecule has 0 aliphatic carbocycles. The number of carbonyl (C=O) groups excluding carboxylic acids is 2. The van der Waals surface area contributed by atoms with E-state index in [4.69, 9.17) is 9.47 Å². The van der Waals surface area contributed by atoms with Gasteiger partial charge in [0.25, 0.3) is 0 Å². The van der Waals surface area contributed by atoms with Gasteiger partial charge >= 0.3 is 12.1 Å². The minimum absolute atomic E-state index is 0.0613. The Morgan fingerprint density at radius 1 is 1.39 bits per heavy atom. The van der Waals surface area contributed by atoms with Crippen LogP contribution in [-0.4, -0.2) is 58.2 Å². The molecule has 0 radical (unpaired) electrons. The molecule has 0 spiro atoms. The number of halogens is 1. The van der Waals surface area contributed by atoms with Crippen molar-refractivity contribution in [3.63, 3.8) is 0 Å². The van der Waals surface area contributed by atoms with E-state index in [1.165, 1.54) is 22.0 Å². The second kappa shape index (κ2) is 6.55. The van der Waals surface area contributed by atoms with Crippen LogP contribution in [0.5, 0.6) is 0 Å². The zero-order valence-electron chi connectivity index (χ0n) is 13.8. The summed E-state index contributed by atoms with van der Waals surface area (Å²) >= 11 is 0. The third-order valence-corrected chi connectivity index (χ3v) is 3.32. The summed E-state index contributed by atoms with van der Waals surface area (Å²) in [6.07, 6.45) is 0.937. The lowest BCUT2D eigenvalue weighted by molar-refractivity contribution is 0.0280. The highest BCUT2D eigenvalue weighted by Crippen LogP contribution is 2.26. The van der Waals surface area contributed by atoms with Crippen LogP contribution in [0.1, 0.15) is 44.1 Å². The molecule has 1 aromatic heterocycles. The van der Waals surface area contributed by atoms with Gasteiger partial charge in [-0.15, -0.1) is 0 Å². The van der Waals surface area contributed by atoms with Crippen molar-refractivity contribution in [3.8, 4) is 0 Å². The van der Waals surface area contributed by atoms with Gasteiger partial charge in [0, 0.05) is 12.7 Å². The minimum atomic E-state index is -1.28. The van der Waals surface area contributed by atoms with Gasteiger partial charge in [-0.25, -0.2) is 14.0 Å². The summed E-state index contributed by atoms with van der Waals surface area (Å²) in [6, 6.07) is -0.648. The van der Waals surface area contributed by atoms with E-state index in [-0.39, 0.29) is 25.3 Å². The lowest BCUT2D eigenvalue weighted by atomic mass is 10.2. The van der Waals surface area contributed by atoms with E-state index in [1.54, 1.807) is 27.7 Å². The normalized spacial score (nSPS) is 21.3. The molecule has 0 N–H and O–H groups in total. The SMILES string of the molecule is CCOC(=O)c1cnn(C2CN(C(=O)OC(C)(C)C)CC2F)c1. The monoisotopic (exact) mass is 327 g/mol. The van der Waals surface area contributed by atoms with Gasteiger partial charge in [-0.1, -0.05) is 0 Å². The van der Waals surface area contributed by atoms with Crippen LogP contribution in [0.2, 0.25) is 0 Å². The summed E-state index contributed by atoms with van der Waals surface area (Å²) in [4.78, 5) is 25.0. The number of esters is 1. The van der Waals surface area contributed by atoms with Gasteiger partial charge in [0.05, 0.1) is 24.9 Å². The molecule has 2 atom stereocenters. The van der Waals surface area contributed by atoms with Crippen molar-refractivity contribution >= 4 is 12.1 Å². The van der Waals surface area contributed by atoms with Crippen LogP contribution >= 0.6 is 0 Å².